The van der Waals surface area contributed by atoms with Crippen molar-refractivity contribution < 1.29 is 14.7 Å². The highest BCUT2D eigenvalue weighted by Gasteiger charge is 2.24. The summed E-state index contributed by atoms with van der Waals surface area (Å²) < 4.78 is 0. The molecule has 0 spiro atoms. The average Bonchev–Trinajstić information content (AvgIpc) is 2.49. The van der Waals surface area contributed by atoms with Gasteiger partial charge in [-0.15, -0.1) is 0 Å². The zero-order chi connectivity index (χ0) is 15.7. The second-order valence-electron chi connectivity index (χ2n) is 5.12. The van der Waals surface area contributed by atoms with Gasteiger partial charge in [-0.25, -0.2) is 4.79 Å². The summed E-state index contributed by atoms with van der Waals surface area (Å²) in [6.07, 6.45) is 5.48. The summed E-state index contributed by atoms with van der Waals surface area (Å²) in [6, 6.07) is 9.03. The number of rotatable bonds is 8. The maximum atomic E-state index is 11.8. The maximum Gasteiger partial charge on any atom is 0.326 e. The van der Waals surface area contributed by atoms with Crippen molar-refractivity contribution in [1.29, 1.82) is 0 Å². The van der Waals surface area contributed by atoms with E-state index >= 15 is 0 Å². The van der Waals surface area contributed by atoms with Gasteiger partial charge in [0, 0.05) is 6.42 Å². The molecular formula is C17H23NO3. The number of carbonyl (C=O) groups is 2. The molecule has 4 heteroatoms. The number of hydrogen-bond acceptors (Lipinski definition) is 2. The molecule has 4 nitrogen and oxygen atoms in total. The third kappa shape index (κ3) is 6.25. The molecule has 1 aromatic carbocycles. The largest absolute Gasteiger partial charge is 0.480 e. The number of amides is 1. The molecule has 2 unspecified atom stereocenters. The Balaban J connectivity index is 2.39. The van der Waals surface area contributed by atoms with E-state index in [0.717, 1.165) is 5.56 Å². The van der Waals surface area contributed by atoms with Gasteiger partial charge in [0.2, 0.25) is 5.91 Å². The Morgan fingerprint density at radius 1 is 1.29 bits per heavy atom. The molecule has 0 aliphatic heterocycles. The Kier molecular flexibility index (Phi) is 7.23. The average molecular weight is 289 g/mol. The Bertz CT molecular complexity index is 482. The van der Waals surface area contributed by atoms with Crippen molar-refractivity contribution in [3.63, 3.8) is 0 Å². The molecule has 114 valence electrons. The minimum Gasteiger partial charge on any atom is -0.480 e. The van der Waals surface area contributed by atoms with Crippen molar-refractivity contribution >= 4 is 18.0 Å². The summed E-state index contributed by atoms with van der Waals surface area (Å²) >= 11 is 0. The summed E-state index contributed by atoms with van der Waals surface area (Å²) in [4.78, 5) is 22.9. The first-order valence-electron chi connectivity index (χ1n) is 7.28. The van der Waals surface area contributed by atoms with Gasteiger partial charge in [-0.2, -0.15) is 0 Å². The van der Waals surface area contributed by atoms with Crippen molar-refractivity contribution in [1.82, 2.24) is 5.32 Å². The van der Waals surface area contributed by atoms with Crippen LogP contribution in [-0.4, -0.2) is 23.0 Å². The molecule has 0 aliphatic carbocycles. The molecule has 0 saturated heterocycles. The first kappa shape index (κ1) is 17.0. The van der Waals surface area contributed by atoms with Crippen LogP contribution < -0.4 is 5.32 Å². The predicted octanol–water partition coefficient (Wildman–Crippen LogP) is 3.10. The Morgan fingerprint density at radius 2 is 1.95 bits per heavy atom. The lowest BCUT2D eigenvalue weighted by molar-refractivity contribution is -0.143. The highest BCUT2D eigenvalue weighted by atomic mass is 16.4. The van der Waals surface area contributed by atoms with E-state index in [9.17, 15) is 9.59 Å². The van der Waals surface area contributed by atoms with E-state index in [1.54, 1.807) is 0 Å². The molecule has 0 aromatic heterocycles. The summed E-state index contributed by atoms with van der Waals surface area (Å²) in [7, 11) is 0. The van der Waals surface area contributed by atoms with Crippen LogP contribution in [0.4, 0.5) is 0 Å². The van der Waals surface area contributed by atoms with E-state index in [2.05, 4.69) is 5.32 Å². The number of aliphatic carboxylic acids is 1. The van der Waals surface area contributed by atoms with E-state index in [1.165, 1.54) is 0 Å². The standard InChI is InChI=1S/C17H23NO3/c1-3-13(2)16(17(20)21)18-15(19)12-8-7-11-14-9-5-4-6-10-14/h4-7,9-11,13,16H,3,8,12H2,1-2H3,(H,18,19)(H,20,21)/b11-7+. The molecule has 0 fully saturated rings. The van der Waals surface area contributed by atoms with Gasteiger partial charge >= 0.3 is 5.97 Å². The lowest BCUT2D eigenvalue weighted by Gasteiger charge is -2.19. The van der Waals surface area contributed by atoms with Gasteiger partial charge in [0.15, 0.2) is 0 Å². The summed E-state index contributed by atoms with van der Waals surface area (Å²) in [5.41, 5.74) is 1.08. The van der Waals surface area contributed by atoms with Crippen molar-refractivity contribution in [2.24, 2.45) is 5.92 Å². The Labute approximate surface area is 125 Å². The fourth-order valence-corrected chi connectivity index (χ4v) is 1.93. The zero-order valence-corrected chi connectivity index (χ0v) is 12.6. The van der Waals surface area contributed by atoms with Crippen LogP contribution in [-0.2, 0) is 9.59 Å². The van der Waals surface area contributed by atoms with Crippen LogP contribution in [0.2, 0.25) is 0 Å². The highest BCUT2D eigenvalue weighted by Crippen LogP contribution is 2.09. The molecule has 0 radical (unpaired) electrons. The molecule has 1 aromatic rings. The smallest absolute Gasteiger partial charge is 0.326 e. The molecule has 0 saturated carbocycles. The number of carboxylic acids is 1. The molecular weight excluding hydrogens is 266 g/mol. The summed E-state index contributed by atoms with van der Waals surface area (Å²) in [5, 5.41) is 11.7. The van der Waals surface area contributed by atoms with Gasteiger partial charge in [-0.1, -0.05) is 62.8 Å². The fourth-order valence-electron chi connectivity index (χ4n) is 1.93. The molecule has 21 heavy (non-hydrogen) atoms. The van der Waals surface area contributed by atoms with Crippen LogP contribution in [0.25, 0.3) is 6.08 Å². The fraction of sp³-hybridized carbons (Fsp3) is 0.412. The minimum atomic E-state index is -0.975. The Morgan fingerprint density at radius 3 is 2.52 bits per heavy atom. The van der Waals surface area contributed by atoms with Crippen LogP contribution in [0.15, 0.2) is 36.4 Å². The number of allylic oxidation sites excluding steroid dienone is 1. The van der Waals surface area contributed by atoms with Gasteiger partial charge < -0.3 is 10.4 Å². The molecule has 0 bridgehead atoms. The van der Waals surface area contributed by atoms with Gasteiger partial charge in [0.05, 0.1) is 0 Å². The van der Waals surface area contributed by atoms with E-state index in [4.69, 9.17) is 5.11 Å². The summed E-state index contributed by atoms with van der Waals surface area (Å²) in [5.74, 6) is -1.27. The van der Waals surface area contributed by atoms with Crippen molar-refractivity contribution in [2.45, 2.75) is 39.2 Å². The van der Waals surface area contributed by atoms with Gasteiger partial charge in [-0.05, 0) is 17.9 Å². The van der Waals surface area contributed by atoms with Gasteiger partial charge in [0.25, 0.3) is 0 Å². The lowest BCUT2D eigenvalue weighted by Crippen LogP contribution is -2.44. The topological polar surface area (TPSA) is 66.4 Å². The second kappa shape index (κ2) is 8.95. The molecule has 2 N–H and O–H groups in total. The van der Waals surface area contributed by atoms with E-state index in [0.29, 0.717) is 19.3 Å². The molecule has 1 amide bonds. The van der Waals surface area contributed by atoms with Crippen LogP contribution in [0.3, 0.4) is 0 Å². The Hall–Kier alpha value is -2.10. The van der Waals surface area contributed by atoms with Crippen molar-refractivity contribution in [3.8, 4) is 0 Å². The molecule has 0 heterocycles. The monoisotopic (exact) mass is 289 g/mol. The first-order chi connectivity index (χ1) is 10.0. The number of nitrogens with one attached hydrogen (secondary N) is 1. The van der Waals surface area contributed by atoms with Gasteiger partial charge in [0.1, 0.15) is 6.04 Å². The number of carboxylic acid groups (broad SMARTS) is 1. The second-order valence-corrected chi connectivity index (χ2v) is 5.12. The van der Waals surface area contributed by atoms with E-state index < -0.39 is 12.0 Å². The normalized spacial score (nSPS) is 13.8. The lowest BCUT2D eigenvalue weighted by atomic mass is 9.99. The highest BCUT2D eigenvalue weighted by molar-refractivity contribution is 5.83. The third-order valence-corrected chi connectivity index (χ3v) is 3.44. The zero-order valence-electron chi connectivity index (χ0n) is 12.6. The van der Waals surface area contributed by atoms with Crippen LogP contribution >= 0.6 is 0 Å². The third-order valence-electron chi connectivity index (χ3n) is 3.44. The van der Waals surface area contributed by atoms with Crippen LogP contribution in [0, 0.1) is 5.92 Å². The van der Waals surface area contributed by atoms with Crippen molar-refractivity contribution in [2.75, 3.05) is 0 Å². The number of carbonyl (C=O) groups excluding carboxylic acids is 1. The maximum absolute atomic E-state index is 11.8. The van der Waals surface area contributed by atoms with Crippen molar-refractivity contribution in [3.05, 3.63) is 42.0 Å². The van der Waals surface area contributed by atoms with Crippen LogP contribution in [0.1, 0.15) is 38.7 Å². The minimum absolute atomic E-state index is 0.0775. The van der Waals surface area contributed by atoms with Gasteiger partial charge in [-0.3, -0.25) is 4.79 Å². The van der Waals surface area contributed by atoms with E-state index in [1.807, 2.05) is 56.3 Å². The predicted molar refractivity (Wildman–Crippen MR) is 83.7 cm³/mol. The van der Waals surface area contributed by atoms with E-state index in [-0.39, 0.29) is 11.8 Å². The quantitative estimate of drug-likeness (QED) is 0.773. The SMILES string of the molecule is CCC(C)C(NC(=O)CC/C=C/c1ccccc1)C(=O)O. The molecule has 1 rings (SSSR count). The number of hydrogen-bond donors (Lipinski definition) is 2. The summed E-state index contributed by atoms with van der Waals surface area (Å²) in [6.45, 7) is 3.74. The first-order valence-corrected chi connectivity index (χ1v) is 7.28. The molecule has 2 atom stereocenters. The molecule has 0 aliphatic rings. The number of benzene rings is 1. The van der Waals surface area contributed by atoms with Crippen LogP contribution in [0.5, 0.6) is 0 Å².